The van der Waals surface area contributed by atoms with Crippen molar-refractivity contribution in [3.63, 3.8) is 0 Å². The van der Waals surface area contributed by atoms with E-state index in [0.717, 1.165) is 45.4 Å². The predicted molar refractivity (Wildman–Crippen MR) is 73.5 cm³/mol. The van der Waals surface area contributed by atoms with Crippen molar-refractivity contribution in [3.8, 4) is 0 Å². The Morgan fingerprint density at radius 2 is 1.94 bits per heavy atom. The summed E-state index contributed by atoms with van der Waals surface area (Å²) in [6, 6.07) is 1.08. The summed E-state index contributed by atoms with van der Waals surface area (Å²) >= 11 is 0. The molecule has 1 amide bonds. The molecule has 0 bridgehead atoms. The van der Waals surface area contributed by atoms with Crippen LogP contribution in [0.5, 0.6) is 0 Å². The minimum atomic E-state index is 0.220. The second-order valence-electron chi connectivity index (χ2n) is 6.00. The maximum atomic E-state index is 12.3. The molecule has 0 aromatic carbocycles. The van der Waals surface area contributed by atoms with Crippen LogP contribution in [0.25, 0.3) is 0 Å². The standard InChI is InChI=1S/C14H27N3O/c1-11(2)17-8-5-13(6-9-17)16(3)14(18)12-4-7-15-10-12/h11-13,15H,4-10H2,1-3H3. The number of carbonyl (C=O) groups excluding carboxylic acids is 1. The van der Waals surface area contributed by atoms with Crippen LogP contribution >= 0.6 is 0 Å². The fraction of sp³-hybridized carbons (Fsp3) is 0.929. The monoisotopic (exact) mass is 253 g/mol. The van der Waals surface area contributed by atoms with Crippen molar-refractivity contribution in [1.82, 2.24) is 15.1 Å². The molecule has 2 fully saturated rings. The number of likely N-dealkylation sites (tertiary alicyclic amines) is 1. The first-order chi connectivity index (χ1) is 8.59. The van der Waals surface area contributed by atoms with E-state index in [4.69, 9.17) is 0 Å². The highest BCUT2D eigenvalue weighted by atomic mass is 16.2. The zero-order valence-electron chi connectivity index (χ0n) is 12.0. The lowest BCUT2D eigenvalue weighted by Crippen LogP contribution is -2.48. The number of hydrogen-bond donors (Lipinski definition) is 1. The zero-order valence-corrected chi connectivity index (χ0v) is 12.0. The third-order valence-corrected chi connectivity index (χ3v) is 4.53. The fourth-order valence-electron chi connectivity index (χ4n) is 3.12. The molecule has 0 saturated carbocycles. The minimum absolute atomic E-state index is 0.220. The average Bonchev–Trinajstić information content (AvgIpc) is 2.91. The van der Waals surface area contributed by atoms with Gasteiger partial charge in [-0.1, -0.05) is 0 Å². The number of rotatable bonds is 3. The molecule has 1 N–H and O–H groups in total. The van der Waals surface area contributed by atoms with Crippen molar-refractivity contribution in [2.24, 2.45) is 5.92 Å². The van der Waals surface area contributed by atoms with Gasteiger partial charge in [-0.3, -0.25) is 4.79 Å². The predicted octanol–water partition coefficient (Wildman–Crippen LogP) is 0.927. The minimum Gasteiger partial charge on any atom is -0.342 e. The van der Waals surface area contributed by atoms with E-state index in [-0.39, 0.29) is 5.92 Å². The normalized spacial score (nSPS) is 26.8. The van der Waals surface area contributed by atoms with Crippen LogP contribution in [0.15, 0.2) is 0 Å². The molecule has 0 spiro atoms. The second kappa shape index (κ2) is 6.02. The number of amides is 1. The first kappa shape index (κ1) is 13.8. The largest absolute Gasteiger partial charge is 0.342 e. The van der Waals surface area contributed by atoms with Crippen molar-refractivity contribution >= 4 is 5.91 Å². The van der Waals surface area contributed by atoms with Crippen molar-refractivity contribution in [3.05, 3.63) is 0 Å². The molecule has 104 valence electrons. The lowest BCUT2D eigenvalue weighted by atomic mass is 10.00. The Hall–Kier alpha value is -0.610. The Balaban J connectivity index is 1.83. The second-order valence-corrected chi connectivity index (χ2v) is 6.00. The molecule has 2 aliphatic heterocycles. The molecule has 0 aromatic rings. The third-order valence-electron chi connectivity index (χ3n) is 4.53. The lowest BCUT2D eigenvalue weighted by Gasteiger charge is -2.39. The maximum absolute atomic E-state index is 12.3. The van der Waals surface area contributed by atoms with Gasteiger partial charge in [-0.15, -0.1) is 0 Å². The number of nitrogens with zero attached hydrogens (tertiary/aromatic N) is 2. The van der Waals surface area contributed by atoms with Gasteiger partial charge in [-0.05, 0) is 39.7 Å². The number of hydrogen-bond acceptors (Lipinski definition) is 3. The van der Waals surface area contributed by atoms with E-state index < -0.39 is 0 Å². The Morgan fingerprint density at radius 1 is 1.28 bits per heavy atom. The van der Waals surface area contributed by atoms with Crippen LogP contribution in [0.4, 0.5) is 0 Å². The molecule has 2 rings (SSSR count). The van der Waals surface area contributed by atoms with Crippen LogP contribution in [0.3, 0.4) is 0 Å². The van der Waals surface area contributed by atoms with Crippen molar-refractivity contribution in [1.29, 1.82) is 0 Å². The fourth-order valence-corrected chi connectivity index (χ4v) is 3.12. The highest BCUT2D eigenvalue weighted by molar-refractivity contribution is 5.79. The lowest BCUT2D eigenvalue weighted by molar-refractivity contribution is -0.136. The smallest absolute Gasteiger partial charge is 0.227 e. The van der Waals surface area contributed by atoms with Gasteiger partial charge in [-0.2, -0.15) is 0 Å². The van der Waals surface area contributed by atoms with E-state index in [9.17, 15) is 4.79 Å². The molecule has 0 aromatic heterocycles. The van der Waals surface area contributed by atoms with Gasteiger partial charge in [0, 0.05) is 38.8 Å². The van der Waals surface area contributed by atoms with Crippen molar-refractivity contribution in [2.45, 2.75) is 45.2 Å². The van der Waals surface area contributed by atoms with E-state index in [1.807, 2.05) is 11.9 Å². The molecular weight excluding hydrogens is 226 g/mol. The highest BCUT2D eigenvalue weighted by Crippen LogP contribution is 2.20. The zero-order chi connectivity index (χ0) is 13.1. The number of piperidine rings is 1. The Morgan fingerprint density at radius 3 is 2.44 bits per heavy atom. The summed E-state index contributed by atoms with van der Waals surface area (Å²) in [6.45, 7) is 8.62. The van der Waals surface area contributed by atoms with Gasteiger partial charge in [0.2, 0.25) is 5.91 Å². The summed E-state index contributed by atoms with van der Waals surface area (Å²) in [4.78, 5) is 16.9. The molecule has 2 saturated heterocycles. The van der Waals surface area contributed by atoms with Crippen LogP contribution in [-0.4, -0.2) is 61.0 Å². The molecule has 2 aliphatic rings. The molecular formula is C14H27N3O. The SMILES string of the molecule is CC(C)N1CCC(N(C)C(=O)C2CCNC2)CC1. The molecule has 1 atom stereocenters. The van der Waals surface area contributed by atoms with Gasteiger partial charge in [0.1, 0.15) is 0 Å². The van der Waals surface area contributed by atoms with Crippen LogP contribution in [0.1, 0.15) is 33.1 Å². The van der Waals surface area contributed by atoms with Crippen LogP contribution in [0, 0.1) is 5.92 Å². The number of carbonyl (C=O) groups is 1. The first-order valence-corrected chi connectivity index (χ1v) is 7.31. The van der Waals surface area contributed by atoms with E-state index in [0.29, 0.717) is 18.0 Å². The molecule has 4 nitrogen and oxygen atoms in total. The topological polar surface area (TPSA) is 35.6 Å². The molecule has 18 heavy (non-hydrogen) atoms. The van der Waals surface area contributed by atoms with E-state index in [1.54, 1.807) is 0 Å². The first-order valence-electron chi connectivity index (χ1n) is 7.31. The van der Waals surface area contributed by atoms with Crippen molar-refractivity contribution < 1.29 is 4.79 Å². The highest BCUT2D eigenvalue weighted by Gasteiger charge is 2.31. The summed E-state index contributed by atoms with van der Waals surface area (Å²) in [7, 11) is 2.00. The quantitative estimate of drug-likeness (QED) is 0.812. The van der Waals surface area contributed by atoms with E-state index in [2.05, 4.69) is 24.1 Å². The van der Waals surface area contributed by atoms with Gasteiger partial charge in [0.05, 0.1) is 5.92 Å². The van der Waals surface area contributed by atoms with Gasteiger partial charge in [-0.25, -0.2) is 0 Å². The third kappa shape index (κ3) is 3.04. The number of nitrogens with one attached hydrogen (secondary N) is 1. The molecule has 4 heteroatoms. The summed E-state index contributed by atoms with van der Waals surface area (Å²) < 4.78 is 0. The summed E-state index contributed by atoms with van der Waals surface area (Å²) in [5, 5.41) is 3.28. The van der Waals surface area contributed by atoms with Crippen molar-refractivity contribution in [2.75, 3.05) is 33.2 Å². The van der Waals surface area contributed by atoms with Gasteiger partial charge < -0.3 is 15.1 Å². The summed E-state index contributed by atoms with van der Waals surface area (Å²) in [5.41, 5.74) is 0. The summed E-state index contributed by atoms with van der Waals surface area (Å²) in [5.74, 6) is 0.570. The molecule has 0 aliphatic carbocycles. The van der Waals surface area contributed by atoms with Gasteiger partial charge >= 0.3 is 0 Å². The Kier molecular flexibility index (Phi) is 4.62. The van der Waals surface area contributed by atoms with E-state index >= 15 is 0 Å². The van der Waals surface area contributed by atoms with E-state index in [1.165, 1.54) is 0 Å². The molecule has 2 heterocycles. The Labute approximate surface area is 111 Å². The van der Waals surface area contributed by atoms with Crippen LogP contribution in [0.2, 0.25) is 0 Å². The van der Waals surface area contributed by atoms with Gasteiger partial charge in [0.25, 0.3) is 0 Å². The van der Waals surface area contributed by atoms with Gasteiger partial charge in [0.15, 0.2) is 0 Å². The van der Waals surface area contributed by atoms with Crippen LogP contribution in [-0.2, 0) is 4.79 Å². The average molecular weight is 253 g/mol. The maximum Gasteiger partial charge on any atom is 0.227 e. The molecule has 1 unspecified atom stereocenters. The summed E-state index contributed by atoms with van der Waals surface area (Å²) in [6.07, 6.45) is 3.26. The molecule has 0 radical (unpaired) electrons. The van der Waals surface area contributed by atoms with Crippen LogP contribution < -0.4 is 5.32 Å². The Bertz CT molecular complexity index is 279.